The molecule has 0 aromatic carbocycles. The molecule has 1 aliphatic carbocycles. The molecule has 17 nitrogen and oxygen atoms in total. The molecule has 1 amide bonds. The maximum Gasteiger partial charge on any atom is 0.475 e. The number of hydrogen-bond donors (Lipinski definition) is 2. The van der Waals surface area contributed by atoms with Crippen molar-refractivity contribution in [1.29, 1.82) is 0 Å². The summed E-state index contributed by atoms with van der Waals surface area (Å²) in [6.45, 7) is 14.4. The Morgan fingerprint density at radius 3 is 2.19 bits per heavy atom. The number of piperidine rings is 1. The first-order chi connectivity index (χ1) is 34.1. The topological polar surface area (TPSA) is 220 Å². The van der Waals surface area contributed by atoms with E-state index in [2.05, 4.69) is 0 Å². The molecule has 4 heterocycles. The standard InChI is InChI=1S/C54H84NO16P/c1-12-67-72(63,68-13-2)71-43-24-22-38(29-46(43)65-10)28-41-40-20-17-25-55-47(40)53(61)69-45(41)31-42(56)34(5)27-36(7)49(58)50(66-11)48(57)35(6)26-32(3)18-15-14-16-19-33(4)44(64-9)30-39-23-21-37(8)54(62,70-39)51(59)52(55)60/h14-16,18-19,27,32,34-35,37-41,43-47,49-50,58,62H,12-13,17,20-26,28-31H2,1-11H3. The minimum atomic E-state index is -3.88. The molecule has 5 rings (SSSR count). The number of amides is 1. The van der Waals surface area contributed by atoms with Crippen molar-refractivity contribution in [3.63, 3.8) is 0 Å². The van der Waals surface area contributed by atoms with E-state index in [1.165, 1.54) is 12.0 Å². The third-order valence-corrected chi connectivity index (χ3v) is 17.4. The van der Waals surface area contributed by atoms with Gasteiger partial charge in [0.15, 0.2) is 5.78 Å². The van der Waals surface area contributed by atoms with Gasteiger partial charge < -0.3 is 38.8 Å². The van der Waals surface area contributed by atoms with Crippen LogP contribution in [0.15, 0.2) is 47.6 Å². The largest absolute Gasteiger partial charge is 0.475 e. The van der Waals surface area contributed by atoms with Gasteiger partial charge >= 0.3 is 13.8 Å². The zero-order chi connectivity index (χ0) is 53.1. The van der Waals surface area contributed by atoms with Crippen molar-refractivity contribution < 1.29 is 76.0 Å². The van der Waals surface area contributed by atoms with Gasteiger partial charge in [0.1, 0.15) is 30.1 Å². The van der Waals surface area contributed by atoms with Crippen LogP contribution in [0.3, 0.4) is 0 Å². The zero-order valence-electron chi connectivity index (χ0n) is 44.5. The number of hydrogen-bond acceptors (Lipinski definition) is 16. The Kier molecular flexibility index (Phi) is 22.4. The molecule has 6 bridgehead atoms. The van der Waals surface area contributed by atoms with Crippen molar-refractivity contribution in [1.82, 2.24) is 4.90 Å². The second-order valence-corrected chi connectivity index (χ2v) is 22.5. The van der Waals surface area contributed by atoms with Crippen LogP contribution in [0.25, 0.3) is 0 Å². The van der Waals surface area contributed by atoms with Crippen LogP contribution in [-0.4, -0.2) is 140 Å². The quantitative estimate of drug-likeness (QED) is 0.0880. The third-order valence-electron chi connectivity index (χ3n) is 15.7. The number of carbonyl (C=O) groups excluding carboxylic acids is 5. The zero-order valence-corrected chi connectivity index (χ0v) is 45.4. The summed E-state index contributed by atoms with van der Waals surface area (Å²) in [5.74, 6) is -8.96. The molecule has 4 aliphatic heterocycles. The summed E-state index contributed by atoms with van der Waals surface area (Å²) < 4.78 is 60.2. The Bertz CT molecular complexity index is 2040. The lowest BCUT2D eigenvalue weighted by molar-refractivity contribution is -0.266. The van der Waals surface area contributed by atoms with E-state index in [1.807, 2.05) is 51.2 Å². The van der Waals surface area contributed by atoms with Crippen molar-refractivity contribution in [2.45, 2.75) is 181 Å². The van der Waals surface area contributed by atoms with Crippen molar-refractivity contribution in [2.24, 2.45) is 41.4 Å². The smallest absolute Gasteiger partial charge is 0.460 e. The number of fused-ring (bicyclic) bond motifs is 3. The van der Waals surface area contributed by atoms with Gasteiger partial charge in [0, 0.05) is 64.4 Å². The van der Waals surface area contributed by atoms with E-state index in [4.69, 9.17) is 37.3 Å². The first-order valence-corrected chi connectivity index (χ1v) is 27.7. The molecule has 16 atom stereocenters. The third kappa shape index (κ3) is 14.6. The number of rotatable bonds is 11. The van der Waals surface area contributed by atoms with Gasteiger partial charge in [-0.2, -0.15) is 0 Å². The first-order valence-electron chi connectivity index (χ1n) is 26.2. The van der Waals surface area contributed by atoms with Gasteiger partial charge in [-0.05, 0) is 114 Å². The number of allylic oxidation sites excluding steroid dienone is 6. The molecule has 0 spiro atoms. The number of phosphoric acid groups is 1. The number of aliphatic hydroxyl groups excluding tert-OH is 1. The van der Waals surface area contributed by atoms with Crippen LogP contribution in [0.4, 0.5) is 0 Å². The van der Waals surface area contributed by atoms with Gasteiger partial charge in [-0.25, -0.2) is 9.36 Å². The van der Waals surface area contributed by atoms with Crippen LogP contribution in [0, 0.1) is 41.4 Å². The Labute approximate surface area is 427 Å². The molecule has 4 fully saturated rings. The van der Waals surface area contributed by atoms with E-state index >= 15 is 0 Å². The minimum Gasteiger partial charge on any atom is -0.460 e. The lowest BCUT2D eigenvalue weighted by atomic mass is 9.68. The molecule has 5 aliphatic rings. The van der Waals surface area contributed by atoms with Gasteiger partial charge in [0.25, 0.3) is 11.7 Å². The fraction of sp³-hybridized carbons (Fsp3) is 0.759. The van der Waals surface area contributed by atoms with Crippen molar-refractivity contribution in [2.75, 3.05) is 41.1 Å². The molecule has 406 valence electrons. The summed E-state index contributed by atoms with van der Waals surface area (Å²) in [6.07, 6.45) is 9.92. The fourth-order valence-corrected chi connectivity index (χ4v) is 13.0. The number of phosphoric ester groups is 1. The summed E-state index contributed by atoms with van der Waals surface area (Å²) in [6, 6.07) is -1.18. The number of nitrogens with zero attached hydrogens (tertiary/aromatic N) is 1. The van der Waals surface area contributed by atoms with E-state index in [0.717, 1.165) is 5.57 Å². The van der Waals surface area contributed by atoms with Crippen LogP contribution < -0.4 is 0 Å². The molecule has 0 radical (unpaired) electrons. The lowest BCUT2D eigenvalue weighted by Crippen LogP contribution is -2.65. The molecule has 2 N–H and O–H groups in total. The van der Waals surface area contributed by atoms with Crippen molar-refractivity contribution in [3.8, 4) is 0 Å². The summed E-state index contributed by atoms with van der Waals surface area (Å²) in [7, 11) is 0.618. The lowest BCUT2D eigenvalue weighted by Gasteiger charge is -2.50. The number of aliphatic hydroxyl groups is 2. The van der Waals surface area contributed by atoms with Crippen LogP contribution in [0.2, 0.25) is 0 Å². The number of Topliss-reactive ketones (excluding diaryl/α,β-unsaturated/α-hetero) is 3. The second-order valence-electron chi connectivity index (χ2n) is 20.9. The molecule has 0 aromatic rings. The van der Waals surface area contributed by atoms with E-state index in [0.29, 0.717) is 69.8 Å². The molecular formula is C54H84NO16P. The fourth-order valence-electron chi connectivity index (χ4n) is 11.6. The summed E-state index contributed by atoms with van der Waals surface area (Å²) >= 11 is 0. The Morgan fingerprint density at radius 2 is 1.54 bits per heavy atom. The predicted octanol–water partition coefficient (Wildman–Crippen LogP) is 7.61. The maximum absolute atomic E-state index is 14.6. The number of methoxy groups -OCH3 is 3. The molecule has 16 unspecified atom stereocenters. The molecule has 0 aromatic heterocycles. The second kappa shape index (κ2) is 27.0. The SMILES string of the molecule is CCOP(=O)(OCC)OC1CCC(CC2C3CC(=O)C(C)C=C(C)C(O)C(OC)C(=O)C(C)CC(C)C=CC=CC=C(C)C(OC)CC4CCC(C)C(O)(O4)C(=O)C(=O)N4CCCC2C4C(=O)O3)CC1OC. The van der Waals surface area contributed by atoms with Gasteiger partial charge in [-0.15, -0.1) is 0 Å². The van der Waals surface area contributed by atoms with E-state index in [-0.39, 0.29) is 49.6 Å². The van der Waals surface area contributed by atoms with Crippen molar-refractivity contribution in [3.05, 3.63) is 47.6 Å². The average molecular weight is 1030 g/mol. The Hall–Kier alpha value is -3.22. The highest BCUT2D eigenvalue weighted by Crippen LogP contribution is 2.53. The number of carbonyl (C=O) groups is 5. The summed E-state index contributed by atoms with van der Waals surface area (Å²) in [5, 5.41) is 23.6. The minimum absolute atomic E-state index is 0.00548. The molecule has 18 heteroatoms. The molecule has 3 saturated heterocycles. The van der Waals surface area contributed by atoms with Gasteiger partial charge in [0.05, 0.1) is 37.6 Å². The maximum atomic E-state index is 14.6. The van der Waals surface area contributed by atoms with E-state index in [9.17, 15) is 38.8 Å². The molecule has 72 heavy (non-hydrogen) atoms. The monoisotopic (exact) mass is 1030 g/mol. The highest BCUT2D eigenvalue weighted by molar-refractivity contribution is 7.48. The highest BCUT2D eigenvalue weighted by Gasteiger charge is 2.57. The molecular weight excluding hydrogens is 950 g/mol. The Morgan fingerprint density at radius 1 is 0.833 bits per heavy atom. The summed E-state index contributed by atoms with van der Waals surface area (Å²) in [4.78, 5) is 72.9. The number of esters is 1. The van der Waals surface area contributed by atoms with Crippen LogP contribution in [0.5, 0.6) is 0 Å². The van der Waals surface area contributed by atoms with Gasteiger partial charge in [0.2, 0.25) is 5.79 Å². The normalized spacial score (nSPS) is 37.6. The molecule has 1 saturated carbocycles. The number of ether oxygens (including phenoxy) is 5. The van der Waals surface area contributed by atoms with E-state index in [1.54, 1.807) is 54.9 Å². The van der Waals surface area contributed by atoms with E-state index < -0.39 is 110 Å². The first kappa shape index (κ1) is 59.7. The van der Waals surface area contributed by atoms with Crippen LogP contribution >= 0.6 is 7.82 Å². The van der Waals surface area contributed by atoms with Crippen molar-refractivity contribution >= 4 is 37.0 Å². The van der Waals surface area contributed by atoms with Gasteiger partial charge in [-0.1, -0.05) is 64.2 Å². The number of ketones is 3. The highest BCUT2D eigenvalue weighted by atomic mass is 31.2. The van der Waals surface area contributed by atoms with Crippen LogP contribution in [0.1, 0.15) is 126 Å². The van der Waals surface area contributed by atoms with Crippen LogP contribution in [-0.2, 0) is 65.8 Å². The Balaban J connectivity index is 1.51. The van der Waals surface area contributed by atoms with Gasteiger partial charge in [-0.3, -0.25) is 32.7 Å². The predicted molar refractivity (Wildman–Crippen MR) is 268 cm³/mol. The average Bonchev–Trinajstić information content (AvgIpc) is 3.34. The summed E-state index contributed by atoms with van der Waals surface area (Å²) in [5.41, 5.74) is 1.24.